The van der Waals surface area contributed by atoms with Crippen LogP contribution in [-0.2, 0) is 6.42 Å². The predicted octanol–water partition coefficient (Wildman–Crippen LogP) is 0.932. The van der Waals surface area contributed by atoms with E-state index in [0.717, 1.165) is 17.0 Å². The molecule has 15 heavy (non-hydrogen) atoms. The Kier molecular flexibility index (Phi) is 2.29. The Bertz CT molecular complexity index is 515. The van der Waals surface area contributed by atoms with E-state index < -0.39 is 0 Å². The number of fused-ring (bicyclic) bond motifs is 1. The van der Waals surface area contributed by atoms with Crippen LogP contribution in [0.2, 0.25) is 0 Å². The molecule has 5 nitrogen and oxygen atoms in total. The summed E-state index contributed by atoms with van der Waals surface area (Å²) in [5, 5.41) is 11.5. The molecule has 0 radical (unpaired) electrons. The van der Waals surface area contributed by atoms with Crippen LogP contribution >= 0.6 is 0 Å². The number of hydrogen-bond acceptors (Lipinski definition) is 3. The molecule has 2 heterocycles. The Labute approximate surface area is 86.8 Å². The van der Waals surface area contributed by atoms with Crippen LogP contribution in [0.25, 0.3) is 5.65 Å². The number of aromatic nitrogens is 2. The van der Waals surface area contributed by atoms with Crippen molar-refractivity contribution >= 4 is 11.5 Å². The summed E-state index contributed by atoms with van der Waals surface area (Å²) in [7, 11) is 0. The van der Waals surface area contributed by atoms with Crippen molar-refractivity contribution < 1.29 is 5.21 Å². The van der Waals surface area contributed by atoms with Gasteiger partial charge in [0.05, 0.1) is 17.8 Å². The quantitative estimate of drug-likeness (QED) is 0.331. The Hall–Kier alpha value is -2.04. The number of aryl methyl sites for hydroxylation is 1. The van der Waals surface area contributed by atoms with Crippen LogP contribution in [0.15, 0.2) is 29.6 Å². The molecule has 3 N–H and O–H groups in total. The lowest BCUT2D eigenvalue weighted by Gasteiger charge is -2.00. The van der Waals surface area contributed by atoms with E-state index in [1.165, 1.54) is 0 Å². The van der Waals surface area contributed by atoms with Gasteiger partial charge in [-0.15, -0.1) is 0 Å². The molecule has 0 atom stereocenters. The van der Waals surface area contributed by atoms with Crippen molar-refractivity contribution in [1.82, 2.24) is 9.38 Å². The maximum atomic E-state index is 8.53. The first-order chi connectivity index (χ1) is 7.22. The SMILES string of the molecule is Cc1nc2ccccn2c1C/C(N)=N/O. The number of nitrogens with two attached hydrogens (primary N) is 1. The standard InChI is InChI=1S/C10H12N4O/c1-7-8(6-9(11)13-15)14-5-3-2-4-10(14)12-7/h2-5,15H,6H2,1H3,(H2,11,13). The van der Waals surface area contributed by atoms with Gasteiger partial charge in [0.2, 0.25) is 0 Å². The van der Waals surface area contributed by atoms with Crippen LogP contribution in [0.1, 0.15) is 11.4 Å². The van der Waals surface area contributed by atoms with Crippen molar-refractivity contribution in [2.45, 2.75) is 13.3 Å². The maximum absolute atomic E-state index is 8.53. The Balaban J connectivity index is 2.54. The minimum Gasteiger partial charge on any atom is -0.409 e. The molecular weight excluding hydrogens is 192 g/mol. The summed E-state index contributed by atoms with van der Waals surface area (Å²) in [4.78, 5) is 4.37. The molecule has 2 aromatic rings. The summed E-state index contributed by atoms with van der Waals surface area (Å²) in [6.07, 6.45) is 2.31. The van der Waals surface area contributed by atoms with Crippen molar-refractivity contribution in [2.24, 2.45) is 10.9 Å². The molecular formula is C10H12N4O. The molecule has 78 valence electrons. The highest BCUT2D eigenvalue weighted by Gasteiger charge is 2.09. The first-order valence-corrected chi connectivity index (χ1v) is 4.61. The second-order valence-corrected chi connectivity index (χ2v) is 3.34. The molecule has 0 unspecified atom stereocenters. The highest BCUT2D eigenvalue weighted by atomic mass is 16.4. The summed E-state index contributed by atoms with van der Waals surface area (Å²) in [5.41, 5.74) is 8.20. The van der Waals surface area contributed by atoms with Gasteiger partial charge in [0.1, 0.15) is 11.5 Å². The van der Waals surface area contributed by atoms with Gasteiger partial charge in [-0.2, -0.15) is 0 Å². The zero-order chi connectivity index (χ0) is 10.8. The zero-order valence-corrected chi connectivity index (χ0v) is 8.38. The average Bonchev–Trinajstić information content (AvgIpc) is 2.55. The van der Waals surface area contributed by atoms with Crippen LogP contribution in [0.4, 0.5) is 0 Å². The summed E-state index contributed by atoms with van der Waals surface area (Å²) in [6.45, 7) is 1.91. The van der Waals surface area contributed by atoms with Crippen LogP contribution in [0.5, 0.6) is 0 Å². The van der Waals surface area contributed by atoms with Gasteiger partial charge in [-0.05, 0) is 19.1 Å². The molecule has 0 aliphatic carbocycles. The van der Waals surface area contributed by atoms with Crippen LogP contribution in [0.3, 0.4) is 0 Å². The number of oxime groups is 1. The summed E-state index contributed by atoms with van der Waals surface area (Å²) >= 11 is 0. The van der Waals surface area contributed by atoms with Gasteiger partial charge in [-0.25, -0.2) is 4.98 Å². The first kappa shape index (κ1) is 9.51. The van der Waals surface area contributed by atoms with E-state index in [4.69, 9.17) is 10.9 Å². The number of hydrogen-bond donors (Lipinski definition) is 2. The van der Waals surface area contributed by atoms with Crippen LogP contribution in [-0.4, -0.2) is 20.4 Å². The van der Waals surface area contributed by atoms with E-state index in [0.29, 0.717) is 6.42 Å². The van der Waals surface area contributed by atoms with E-state index in [1.807, 2.05) is 35.7 Å². The summed E-state index contributed by atoms with van der Waals surface area (Å²) in [6, 6.07) is 5.77. The van der Waals surface area contributed by atoms with Gasteiger partial charge in [0.25, 0.3) is 0 Å². The molecule has 0 saturated carbocycles. The van der Waals surface area contributed by atoms with E-state index in [1.54, 1.807) is 0 Å². The fraction of sp³-hybridized carbons (Fsp3) is 0.200. The third kappa shape index (κ3) is 1.63. The Morgan fingerprint density at radius 2 is 2.40 bits per heavy atom. The third-order valence-electron chi connectivity index (χ3n) is 2.31. The topological polar surface area (TPSA) is 75.9 Å². The van der Waals surface area contributed by atoms with E-state index in [2.05, 4.69) is 10.1 Å². The predicted molar refractivity (Wildman–Crippen MR) is 57.0 cm³/mol. The lowest BCUT2D eigenvalue weighted by molar-refractivity contribution is 0.317. The molecule has 0 bridgehead atoms. The molecule has 0 aliphatic rings. The van der Waals surface area contributed by atoms with Gasteiger partial charge < -0.3 is 15.3 Å². The Morgan fingerprint density at radius 3 is 3.13 bits per heavy atom. The first-order valence-electron chi connectivity index (χ1n) is 4.61. The average molecular weight is 204 g/mol. The van der Waals surface area contributed by atoms with E-state index in [9.17, 15) is 0 Å². The van der Waals surface area contributed by atoms with Crippen molar-refractivity contribution in [3.8, 4) is 0 Å². The molecule has 0 aliphatic heterocycles. The van der Waals surface area contributed by atoms with E-state index in [-0.39, 0.29) is 5.84 Å². The largest absolute Gasteiger partial charge is 0.409 e. The molecule has 2 rings (SSSR count). The molecule has 0 aromatic carbocycles. The van der Waals surface area contributed by atoms with Gasteiger partial charge in [0, 0.05) is 6.20 Å². The lowest BCUT2D eigenvalue weighted by atomic mass is 10.2. The minimum absolute atomic E-state index is 0.184. The van der Waals surface area contributed by atoms with Gasteiger partial charge in [-0.1, -0.05) is 11.2 Å². The number of amidine groups is 1. The fourth-order valence-corrected chi connectivity index (χ4v) is 1.58. The van der Waals surface area contributed by atoms with Crippen molar-refractivity contribution in [3.63, 3.8) is 0 Å². The van der Waals surface area contributed by atoms with Crippen LogP contribution < -0.4 is 5.73 Å². The number of imidazole rings is 1. The fourth-order valence-electron chi connectivity index (χ4n) is 1.58. The molecule has 0 saturated heterocycles. The Morgan fingerprint density at radius 1 is 1.60 bits per heavy atom. The highest BCUT2D eigenvalue weighted by Crippen LogP contribution is 2.11. The molecule has 2 aromatic heterocycles. The van der Waals surface area contributed by atoms with Gasteiger partial charge in [0.15, 0.2) is 0 Å². The van der Waals surface area contributed by atoms with Crippen molar-refractivity contribution in [3.05, 3.63) is 35.8 Å². The molecule has 5 heteroatoms. The maximum Gasteiger partial charge on any atom is 0.145 e. The minimum atomic E-state index is 0.184. The number of nitrogens with zero attached hydrogens (tertiary/aromatic N) is 3. The van der Waals surface area contributed by atoms with Crippen molar-refractivity contribution in [2.75, 3.05) is 0 Å². The summed E-state index contributed by atoms with van der Waals surface area (Å²) in [5.74, 6) is 0.184. The lowest BCUT2D eigenvalue weighted by Crippen LogP contribution is -2.16. The van der Waals surface area contributed by atoms with Crippen LogP contribution in [0, 0.1) is 6.92 Å². The molecule has 0 fully saturated rings. The van der Waals surface area contributed by atoms with Gasteiger partial charge in [-0.3, -0.25) is 0 Å². The van der Waals surface area contributed by atoms with Gasteiger partial charge >= 0.3 is 0 Å². The van der Waals surface area contributed by atoms with E-state index >= 15 is 0 Å². The number of rotatable bonds is 2. The molecule has 0 spiro atoms. The monoisotopic (exact) mass is 204 g/mol. The third-order valence-corrected chi connectivity index (χ3v) is 2.31. The normalized spacial score (nSPS) is 12.2. The molecule has 0 amide bonds. The second-order valence-electron chi connectivity index (χ2n) is 3.34. The zero-order valence-electron chi connectivity index (χ0n) is 8.38. The highest BCUT2D eigenvalue weighted by molar-refractivity contribution is 5.82. The smallest absolute Gasteiger partial charge is 0.145 e. The second kappa shape index (κ2) is 3.61. The van der Waals surface area contributed by atoms with Crippen molar-refractivity contribution in [1.29, 1.82) is 0 Å². The summed E-state index contributed by atoms with van der Waals surface area (Å²) < 4.78 is 1.94. The number of pyridine rings is 1.